The third kappa shape index (κ3) is 1.51. The van der Waals surface area contributed by atoms with Crippen LogP contribution in [0.3, 0.4) is 0 Å². The van der Waals surface area contributed by atoms with Crippen LogP contribution in [-0.2, 0) is 9.59 Å². The van der Waals surface area contributed by atoms with Crippen molar-refractivity contribution in [2.24, 2.45) is 29.1 Å². The first-order valence-corrected chi connectivity index (χ1v) is 8.46. The van der Waals surface area contributed by atoms with E-state index in [-0.39, 0.29) is 40.9 Å². The number of imide groups is 1. The first-order chi connectivity index (χ1) is 11.2. The minimum absolute atomic E-state index is 0.00714. The Bertz CT molecular complexity index is 697. The summed E-state index contributed by atoms with van der Waals surface area (Å²) in [4.78, 5) is 27.3. The van der Waals surface area contributed by atoms with Crippen molar-refractivity contribution < 1.29 is 14.3 Å². The molecule has 0 aromatic heterocycles. The average Bonchev–Trinajstić information content (AvgIpc) is 3.15. The highest BCUT2D eigenvalue weighted by Gasteiger charge is 2.73. The molecule has 1 saturated heterocycles. The summed E-state index contributed by atoms with van der Waals surface area (Å²) in [7, 11) is 0. The summed E-state index contributed by atoms with van der Waals surface area (Å²) in [5.74, 6) is 1.04. The number of allylic oxidation sites excluding steroid dienone is 2. The topological polar surface area (TPSA) is 46.6 Å². The van der Waals surface area contributed by atoms with Crippen LogP contribution >= 0.6 is 0 Å². The highest BCUT2D eigenvalue weighted by Crippen LogP contribution is 2.73. The lowest BCUT2D eigenvalue weighted by Gasteiger charge is -2.21. The predicted octanol–water partition coefficient (Wildman–Crippen LogP) is 2.79. The van der Waals surface area contributed by atoms with Gasteiger partial charge in [0, 0.05) is 0 Å². The Balaban J connectivity index is 1.48. The van der Waals surface area contributed by atoms with Crippen LogP contribution < -0.4 is 9.64 Å². The standard InChI is InChI=1S/C19H19NO3/c1-2-23-12-5-3-11(4-6-12)20-17(21)15-13-7-8-14(16(15)18(20)22)19(13)9-10-19/h3-8,13-16H,2,9-10H2,1H3/t13-,14+,15-,16+. The zero-order valence-electron chi connectivity index (χ0n) is 13.1. The Morgan fingerprint density at radius 2 is 1.61 bits per heavy atom. The summed E-state index contributed by atoms with van der Waals surface area (Å²) in [6.45, 7) is 2.53. The van der Waals surface area contributed by atoms with Crippen molar-refractivity contribution in [3.8, 4) is 5.75 Å². The number of benzene rings is 1. The fourth-order valence-corrected chi connectivity index (χ4v) is 5.19. The van der Waals surface area contributed by atoms with Crippen LogP contribution in [0.5, 0.6) is 5.75 Å². The molecule has 1 heterocycles. The van der Waals surface area contributed by atoms with Gasteiger partial charge >= 0.3 is 0 Å². The molecule has 2 amide bonds. The summed E-state index contributed by atoms with van der Waals surface area (Å²) in [6, 6.07) is 7.26. The molecule has 2 saturated carbocycles. The monoisotopic (exact) mass is 309 g/mol. The molecule has 4 heteroatoms. The number of anilines is 1. The quantitative estimate of drug-likeness (QED) is 0.637. The van der Waals surface area contributed by atoms with Crippen molar-refractivity contribution in [2.45, 2.75) is 19.8 Å². The maximum Gasteiger partial charge on any atom is 0.238 e. The molecule has 4 atom stereocenters. The van der Waals surface area contributed by atoms with E-state index in [1.807, 2.05) is 31.2 Å². The Hall–Kier alpha value is -2.10. The summed E-state index contributed by atoms with van der Waals surface area (Å²) in [5, 5.41) is 0. The maximum absolute atomic E-state index is 13.0. The third-order valence-corrected chi connectivity index (χ3v) is 6.26. The number of amides is 2. The number of fused-ring (bicyclic) bond motifs is 3. The zero-order chi connectivity index (χ0) is 15.8. The van der Waals surface area contributed by atoms with Crippen LogP contribution in [0.4, 0.5) is 5.69 Å². The van der Waals surface area contributed by atoms with Gasteiger partial charge in [0.2, 0.25) is 11.8 Å². The number of hydrogen-bond donors (Lipinski definition) is 0. The van der Waals surface area contributed by atoms with E-state index in [2.05, 4.69) is 12.2 Å². The van der Waals surface area contributed by atoms with Crippen LogP contribution in [0.1, 0.15) is 19.8 Å². The van der Waals surface area contributed by atoms with E-state index in [1.54, 1.807) is 0 Å². The molecule has 1 aromatic rings. The molecule has 1 spiro atoms. The molecule has 0 radical (unpaired) electrons. The van der Waals surface area contributed by atoms with E-state index < -0.39 is 0 Å². The molecule has 1 aliphatic heterocycles. The number of hydrogen-bond acceptors (Lipinski definition) is 3. The molecule has 0 unspecified atom stereocenters. The zero-order valence-corrected chi connectivity index (χ0v) is 13.1. The lowest BCUT2D eigenvalue weighted by Crippen LogP contribution is -2.34. The van der Waals surface area contributed by atoms with E-state index in [1.165, 1.54) is 17.7 Å². The molecule has 0 N–H and O–H groups in total. The van der Waals surface area contributed by atoms with Gasteiger partial charge in [0.05, 0.1) is 24.1 Å². The number of carbonyl (C=O) groups is 2. The Morgan fingerprint density at radius 3 is 2.09 bits per heavy atom. The lowest BCUT2D eigenvalue weighted by atomic mass is 9.85. The SMILES string of the molecule is CCOc1ccc(N2C(=O)[C@@H]3[C@H](C2=O)[C@H]2C=C[C@@H]3C23CC3)cc1. The first-order valence-electron chi connectivity index (χ1n) is 8.46. The Labute approximate surface area is 135 Å². The minimum Gasteiger partial charge on any atom is -0.494 e. The highest BCUT2D eigenvalue weighted by atomic mass is 16.5. The van der Waals surface area contributed by atoms with Crippen LogP contribution in [0, 0.1) is 29.1 Å². The molecule has 1 aromatic carbocycles. The summed E-state index contributed by atoms with van der Waals surface area (Å²) in [5.41, 5.74) is 0.924. The summed E-state index contributed by atoms with van der Waals surface area (Å²) >= 11 is 0. The number of rotatable bonds is 3. The fraction of sp³-hybridized carbons (Fsp3) is 0.474. The van der Waals surface area contributed by atoms with Crippen molar-refractivity contribution in [2.75, 3.05) is 11.5 Å². The van der Waals surface area contributed by atoms with Gasteiger partial charge in [-0.3, -0.25) is 14.5 Å². The second-order valence-corrected chi connectivity index (χ2v) is 7.16. The fourth-order valence-electron chi connectivity index (χ4n) is 5.19. The highest BCUT2D eigenvalue weighted by molar-refractivity contribution is 6.23. The molecule has 5 rings (SSSR count). The lowest BCUT2D eigenvalue weighted by molar-refractivity contribution is -0.123. The minimum atomic E-state index is -0.133. The first kappa shape index (κ1) is 13.3. The van der Waals surface area contributed by atoms with Gasteiger partial charge in [-0.05, 0) is 61.3 Å². The molecular formula is C19H19NO3. The van der Waals surface area contributed by atoms with Gasteiger partial charge in [0.15, 0.2) is 0 Å². The normalized spacial score (nSPS) is 35.3. The molecule has 3 fully saturated rings. The van der Waals surface area contributed by atoms with Crippen LogP contribution in [0.15, 0.2) is 36.4 Å². The van der Waals surface area contributed by atoms with Crippen LogP contribution in [0.25, 0.3) is 0 Å². The van der Waals surface area contributed by atoms with Crippen molar-refractivity contribution in [1.29, 1.82) is 0 Å². The van der Waals surface area contributed by atoms with E-state index in [0.717, 1.165) is 5.75 Å². The van der Waals surface area contributed by atoms with E-state index in [4.69, 9.17) is 4.74 Å². The molecule has 3 aliphatic carbocycles. The molecule has 4 aliphatic rings. The van der Waals surface area contributed by atoms with Crippen molar-refractivity contribution >= 4 is 17.5 Å². The van der Waals surface area contributed by atoms with E-state index in [0.29, 0.717) is 12.3 Å². The maximum atomic E-state index is 13.0. The van der Waals surface area contributed by atoms with Crippen LogP contribution in [0.2, 0.25) is 0 Å². The van der Waals surface area contributed by atoms with Crippen molar-refractivity contribution in [3.05, 3.63) is 36.4 Å². The number of ether oxygens (including phenoxy) is 1. The summed E-state index contributed by atoms with van der Waals surface area (Å²) < 4.78 is 5.43. The molecule has 4 nitrogen and oxygen atoms in total. The van der Waals surface area contributed by atoms with Gasteiger partial charge in [-0.1, -0.05) is 12.2 Å². The molecular weight excluding hydrogens is 290 g/mol. The molecule has 118 valence electrons. The number of nitrogens with zero attached hydrogens (tertiary/aromatic N) is 1. The van der Waals surface area contributed by atoms with Crippen LogP contribution in [-0.4, -0.2) is 18.4 Å². The second kappa shape index (κ2) is 4.25. The van der Waals surface area contributed by atoms with E-state index in [9.17, 15) is 9.59 Å². The van der Waals surface area contributed by atoms with Gasteiger partial charge in [-0.2, -0.15) is 0 Å². The van der Waals surface area contributed by atoms with E-state index >= 15 is 0 Å². The second-order valence-electron chi connectivity index (χ2n) is 7.16. The van der Waals surface area contributed by atoms with Gasteiger partial charge < -0.3 is 4.74 Å². The smallest absolute Gasteiger partial charge is 0.238 e. The van der Waals surface area contributed by atoms with Crippen molar-refractivity contribution in [3.63, 3.8) is 0 Å². The Morgan fingerprint density at radius 1 is 1.04 bits per heavy atom. The van der Waals surface area contributed by atoms with Gasteiger partial charge in [0.1, 0.15) is 5.75 Å². The van der Waals surface area contributed by atoms with Gasteiger partial charge in [-0.25, -0.2) is 0 Å². The molecule has 2 bridgehead atoms. The largest absolute Gasteiger partial charge is 0.494 e. The molecule has 23 heavy (non-hydrogen) atoms. The number of carbonyl (C=O) groups excluding carboxylic acids is 2. The predicted molar refractivity (Wildman–Crippen MR) is 84.9 cm³/mol. The summed E-state index contributed by atoms with van der Waals surface area (Å²) in [6.07, 6.45) is 6.75. The third-order valence-electron chi connectivity index (χ3n) is 6.26. The Kier molecular flexibility index (Phi) is 2.47. The van der Waals surface area contributed by atoms with Crippen molar-refractivity contribution in [1.82, 2.24) is 0 Å². The average molecular weight is 309 g/mol. The van der Waals surface area contributed by atoms with Gasteiger partial charge in [-0.15, -0.1) is 0 Å². The van der Waals surface area contributed by atoms with Gasteiger partial charge in [0.25, 0.3) is 0 Å².